The molecule has 1 aliphatic carbocycles. The van der Waals surface area contributed by atoms with Gasteiger partial charge in [-0.25, -0.2) is 0 Å². The Kier molecular flexibility index (Phi) is 4.57. The minimum atomic E-state index is 0.690. The molecule has 0 radical (unpaired) electrons. The molecule has 0 spiro atoms. The third kappa shape index (κ3) is 3.30. The smallest absolute Gasteiger partial charge is 0.0700 e. The zero-order valence-electron chi connectivity index (χ0n) is 10.9. The predicted molar refractivity (Wildman–Crippen MR) is 68.0 cm³/mol. The molecular formula is C13H23N3O. The number of aromatic nitrogens is 2. The Balaban J connectivity index is 1.95. The molecule has 0 unspecified atom stereocenters. The topological polar surface area (TPSA) is 39.1 Å². The van der Waals surface area contributed by atoms with Crippen molar-refractivity contribution in [2.24, 2.45) is 7.05 Å². The number of nitrogens with zero attached hydrogens (tertiary/aromatic N) is 2. The second-order valence-electron chi connectivity index (χ2n) is 4.86. The van der Waals surface area contributed by atoms with Crippen molar-refractivity contribution in [3.8, 4) is 0 Å². The molecule has 0 atom stereocenters. The van der Waals surface area contributed by atoms with Gasteiger partial charge in [0.25, 0.3) is 0 Å². The van der Waals surface area contributed by atoms with E-state index >= 15 is 0 Å². The lowest BCUT2D eigenvalue weighted by Crippen LogP contribution is -2.19. The molecule has 1 fully saturated rings. The highest BCUT2D eigenvalue weighted by Gasteiger charge is 2.22. The summed E-state index contributed by atoms with van der Waals surface area (Å²) in [7, 11) is 3.74. The van der Waals surface area contributed by atoms with E-state index < -0.39 is 0 Å². The summed E-state index contributed by atoms with van der Waals surface area (Å²) in [4.78, 5) is 0. The van der Waals surface area contributed by atoms with Gasteiger partial charge in [0.05, 0.1) is 12.3 Å². The summed E-state index contributed by atoms with van der Waals surface area (Å²) in [6, 6.07) is 0. The fraction of sp³-hybridized carbons (Fsp3) is 0.769. The van der Waals surface area contributed by atoms with Crippen LogP contribution in [0.2, 0.25) is 0 Å². The number of rotatable bonds is 6. The van der Waals surface area contributed by atoms with Gasteiger partial charge < -0.3 is 10.1 Å². The number of hydrogen-bond acceptors (Lipinski definition) is 3. The average molecular weight is 237 g/mol. The minimum Gasteiger partial charge on any atom is -0.383 e. The Labute approximate surface area is 103 Å². The van der Waals surface area contributed by atoms with E-state index in [9.17, 15) is 0 Å². The van der Waals surface area contributed by atoms with E-state index in [4.69, 9.17) is 4.74 Å². The van der Waals surface area contributed by atoms with Crippen molar-refractivity contribution in [2.75, 3.05) is 20.3 Å². The van der Waals surface area contributed by atoms with Crippen LogP contribution in [0, 0.1) is 0 Å². The molecule has 1 heterocycles. The molecule has 0 bridgehead atoms. The molecule has 1 aromatic rings. The first-order chi connectivity index (χ1) is 8.31. The molecule has 0 amide bonds. The Morgan fingerprint density at radius 3 is 2.94 bits per heavy atom. The average Bonchev–Trinajstić information content (AvgIpc) is 2.93. The van der Waals surface area contributed by atoms with Gasteiger partial charge in [-0.1, -0.05) is 12.8 Å². The number of methoxy groups -OCH3 is 1. The quantitative estimate of drug-likeness (QED) is 0.767. The SMILES string of the molecule is COCCNCc1cn(C)nc1C1CCCC1. The van der Waals surface area contributed by atoms with Crippen LogP contribution in [-0.4, -0.2) is 30.0 Å². The summed E-state index contributed by atoms with van der Waals surface area (Å²) in [5.74, 6) is 0.690. The van der Waals surface area contributed by atoms with Crippen molar-refractivity contribution in [3.63, 3.8) is 0 Å². The summed E-state index contributed by atoms with van der Waals surface area (Å²) in [6.07, 6.45) is 7.48. The molecular weight excluding hydrogens is 214 g/mol. The monoisotopic (exact) mass is 237 g/mol. The number of ether oxygens (including phenoxy) is 1. The zero-order chi connectivity index (χ0) is 12.1. The van der Waals surface area contributed by atoms with E-state index in [0.29, 0.717) is 5.92 Å². The fourth-order valence-electron chi connectivity index (χ4n) is 2.63. The molecule has 0 saturated heterocycles. The third-order valence-electron chi connectivity index (χ3n) is 3.48. The van der Waals surface area contributed by atoms with Gasteiger partial charge in [0, 0.05) is 44.9 Å². The number of nitrogens with one attached hydrogen (secondary N) is 1. The summed E-state index contributed by atoms with van der Waals surface area (Å²) in [5.41, 5.74) is 2.67. The van der Waals surface area contributed by atoms with Crippen molar-refractivity contribution in [1.82, 2.24) is 15.1 Å². The van der Waals surface area contributed by atoms with Crippen molar-refractivity contribution < 1.29 is 4.74 Å². The lowest BCUT2D eigenvalue weighted by atomic mass is 10.0. The summed E-state index contributed by atoms with van der Waals surface area (Å²) < 4.78 is 6.98. The Morgan fingerprint density at radius 2 is 2.24 bits per heavy atom. The lowest BCUT2D eigenvalue weighted by molar-refractivity contribution is 0.199. The molecule has 0 aromatic carbocycles. The molecule has 1 aromatic heterocycles. The van der Waals surface area contributed by atoms with Crippen molar-refractivity contribution in [1.29, 1.82) is 0 Å². The van der Waals surface area contributed by atoms with Gasteiger partial charge in [-0.15, -0.1) is 0 Å². The molecule has 96 valence electrons. The molecule has 4 heteroatoms. The van der Waals surface area contributed by atoms with Gasteiger partial charge in [0.1, 0.15) is 0 Å². The van der Waals surface area contributed by atoms with Gasteiger partial charge >= 0.3 is 0 Å². The van der Waals surface area contributed by atoms with Crippen LogP contribution in [0.5, 0.6) is 0 Å². The maximum absolute atomic E-state index is 5.03. The largest absolute Gasteiger partial charge is 0.383 e. The Hall–Kier alpha value is -0.870. The van der Waals surface area contributed by atoms with Crippen LogP contribution in [0.3, 0.4) is 0 Å². The van der Waals surface area contributed by atoms with Crippen molar-refractivity contribution >= 4 is 0 Å². The number of hydrogen-bond donors (Lipinski definition) is 1. The molecule has 2 rings (SSSR count). The zero-order valence-corrected chi connectivity index (χ0v) is 10.9. The summed E-state index contributed by atoms with van der Waals surface area (Å²) in [6.45, 7) is 2.57. The molecule has 1 N–H and O–H groups in total. The minimum absolute atomic E-state index is 0.690. The second-order valence-corrected chi connectivity index (χ2v) is 4.86. The lowest BCUT2D eigenvalue weighted by Gasteiger charge is -2.09. The summed E-state index contributed by atoms with van der Waals surface area (Å²) in [5, 5.41) is 8.04. The van der Waals surface area contributed by atoms with Gasteiger partial charge in [0.15, 0.2) is 0 Å². The van der Waals surface area contributed by atoms with E-state index in [1.165, 1.54) is 36.9 Å². The van der Waals surface area contributed by atoms with Crippen molar-refractivity contribution in [2.45, 2.75) is 38.1 Å². The van der Waals surface area contributed by atoms with E-state index in [1.807, 2.05) is 11.7 Å². The first-order valence-corrected chi connectivity index (χ1v) is 6.53. The Bertz CT molecular complexity index is 342. The van der Waals surface area contributed by atoms with Gasteiger partial charge in [0.2, 0.25) is 0 Å². The second kappa shape index (κ2) is 6.17. The molecule has 1 aliphatic rings. The summed E-state index contributed by atoms with van der Waals surface area (Å²) >= 11 is 0. The maximum atomic E-state index is 5.03. The van der Waals surface area contributed by atoms with Crippen LogP contribution in [0.1, 0.15) is 42.9 Å². The maximum Gasteiger partial charge on any atom is 0.0700 e. The van der Waals surface area contributed by atoms with Gasteiger partial charge in [-0.2, -0.15) is 5.10 Å². The first kappa shape index (κ1) is 12.6. The highest BCUT2D eigenvalue weighted by molar-refractivity contribution is 5.21. The predicted octanol–water partition coefficient (Wildman–Crippen LogP) is 1.81. The third-order valence-corrected chi connectivity index (χ3v) is 3.48. The van der Waals surface area contributed by atoms with Crippen LogP contribution in [0.4, 0.5) is 0 Å². The van der Waals surface area contributed by atoms with Gasteiger partial charge in [-0.05, 0) is 12.8 Å². The van der Waals surface area contributed by atoms with E-state index in [2.05, 4.69) is 16.6 Å². The van der Waals surface area contributed by atoms with Crippen LogP contribution < -0.4 is 5.32 Å². The number of aryl methyl sites for hydroxylation is 1. The highest BCUT2D eigenvalue weighted by atomic mass is 16.5. The van der Waals surface area contributed by atoms with Crippen LogP contribution >= 0.6 is 0 Å². The fourth-order valence-corrected chi connectivity index (χ4v) is 2.63. The van der Waals surface area contributed by atoms with Crippen molar-refractivity contribution in [3.05, 3.63) is 17.5 Å². The van der Waals surface area contributed by atoms with Crippen LogP contribution in [-0.2, 0) is 18.3 Å². The van der Waals surface area contributed by atoms with Crippen LogP contribution in [0.25, 0.3) is 0 Å². The van der Waals surface area contributed by atoms with E-state index in [-0.39, 0.29) is 0 Å². The normalized spacial score (nSPS) is 16.8. The molecule has 1 saturated carbocycles. The molecule has 0 aliphatic heterocycles. The van der Waals surface area contributed by atoms with Gasteiger partial charge in [-0.3, -0.25) is 4.68 Å². The van der Waals surface area contributed by atoms with E-state index in [1.54, 1.807) is 7.11 Å². The molecule has 17 heavy (non-hydrogen) atoms. The standard InChI is InChI=1S/C13H23N3O/c1-16-10-12(9-14-7-8-17-2)13(15-16)11-5-3-4-6-11/h10-11,14H,3-9H2,1-2H3. The van der Waals surface area contributed by atoms with E-state index in [0.717, 1.165) is 19.7 Å². The Morgan fingerprint density at radius 1 is 1.47 bits per heavy atom. The first-order valence-electron chi connectivity index (χ1n) is 6.53. The van der Waals surface area contributed by atoms with Crippen LogP contribution in [0.15, 0.2) is 6.20 Å². The molecule has 4 nitrogen and oxygen atoms in total. The highest BCUT2D eigenvalue weighted by Crippen LogP contribution is 2.34.